The Morgan fingerprint density at radius 3 is 2.07 bits per heavy atom. The molecule has 0 amide bonds. The van der Waals surface area contributed by atoms with E-state index < -0.39 is 0 Å². The van der Waals surface area contributed by atoms with Crippen molar-refractivity contribution in [2.45, 2.75) is 12.3 Å². The lowest BCUT2D eigenvalue weighted by atomic mass is 9.69. The molecular formula is C56H35NO. The van der Waals surface area contributed by atoms with E-state index in [9.17, 15) is 0 Å². The summed E-state index contributed by atoms with van der Waals surface area (Å²) in [5, 5.41) is 7.37. The van der Waals surface area contributed by atoms with E-state index in [2.05, 4.69) is 187 Å². The highest BCUT2D eigenvalue weighted by Crippen LogP contribution is 2.49. The monoisotopic (exact) mass is 737 g/mol. The maximum absolute atomic E-state index is 6.22. The van der Waals surface area contributed by atoms with Crippen molar-refractivity contribution in [3.8, 4) is 39.1 Å². The Morgan fingerprint density at radius 2 is 1.17 bits per heavy atom. The summed E-state index contributed by atoms with van der Waals surface area (Å²) in [5.41, 5.74) is 19.9. The zero-order valence-corrected chi connectivity index (χ0v) is 31.6. The van der Waals surface area contributed by atoms with E-state index in [1.54, 1.807) is 0 Å². The van der Waals surface area contributed by atoms with Crippen LogP contribution in [0.4, 0.5) is 0 Å². The standard InChI is InChI=1S/C56H35NO/c1-2-11-43-42(10-1)41(29-30-44(43)45-26-20-37-17-16-35-8-7-9-36-21-28-49(45)56(37)55(35)36)39-23-31-52-50(32-39)46-12-3-5-14-51(46)57(52)40-24-18-34(19-25-40)38-22-27-48-47-13-4-6-15-53(47)58-54(48)33-38/h1-27,29-33,55H,28H2. The number of allylic oxidation sites excluding steroid dienone is 7. The molecule has 270 valence electrons. The zero-order chi connectivity index (χ0) is 37.9. The minimum absolute atomic E-state index is 0.338. The average Bonchev–Trinajstić information content (AvgIpc) is 3.83. The van der Waals surface area contributed by atoms with Gasteiger partial charge in [0.1, 0.15) is 11.2 Å². The van der Waals surface area contributed by atoms with Crippen molar-refractivity contribution in [2.24, 2.45) is 0 Å². The Labute approximate surface area is 335 Å². The van der Waals surface area contributed by atoms with Crippen molar-refractivity contribution in [3.05, 3.63) is 216 Å². The number of rotatable bonds is 4. The highest BCUT2D eigenvalue weighted by atomic mass is 16.3. The van der Waals surface area contributed by atoms with Gasteiger partial charge in [0.05, 0.1) is 11.0 Å². The third-order valence-electron chi connectivity index (χ3n) is 13.0. The summed E-state index contributed by atoms with van der Waals surface area (Å²) < 4.78 is 8.62. The van der Waals surface area contributed by atoms with Crippen LogP contribution >= 0.6 is 0 Å². The van der Waals surface area contributed by atoms with Crippen LogP contribution in [0.1, 0.15) is 22.6 Å². The van der Waals surface area contributed by atoms with Crippen molar-refractivity contribution in [3.63, 3.8) is 0 Å². The number of nitrogens with zero attached hydrogens (tertiary/aromatic N) is 1. The van der Waals surface area contributed by atoms with E-state index >= 15 is 0 Å². The molecular weight excluding hydrogens is 703 g/mol. The van der Waals surface area contributed by atoms with Gasteiger partial charge < -0.3 is 8.98 Å². The molecule has 0 N–H and O–H groups in total. The summed E-state index contributed by atoms with van der Waals surface area (Å²) in [6, 6.07) is 57.9. The molecule has 2 nitrogen and oxygen atoms in total. The first-order valence-corrected chi connectivity index (χ1v) is 20.3. The van der Waals surface area contributed by atoms with Crippen LogP contribution < -0.4 is 0 Å². The number of hydrogen-bond donors (Lipinski definition) is 0. The van der Waals surface area contributed by atoms with E-state index in [1.807, 2.05) is 12.1 Å². The molecule has 13 rings (SSSR count). The Kier molecular flexibility index (Phi) is 6.59. The molecule has 0 fully saturated rings. The molecule has 3 aliphatic rings. The first kappa shape index (κ1) is 31.7. The van der Waals surface area contributed by atoms with Crippen LogP contribution in [0.5, 0.6) is 0 Å². The van der Waals surface area contributed by atoms with Gasteiger partial charge in [-0.3, -0.25) is 0 Å². The number of aromatic nitrogens is 1. The van der Waals surface area contributed by atoms with Gasteiger partial charge in [-0.25, -0.2) is 0 Å². The Morgan fingerprint density at radius 1 is 0.466 bits per heavy atom. The second kappa shape index (κ2) is 12.0. The molecule has 58 heavy (non-hydrogen) atoms. The summed E-state index contributed by atoms with van der Waals surface area (Å²) in [5.74, 6) is 0.338. The average molecular weight is 738 g/mol. The highest BCUT2D eigenvalue weighted by molar-refractivity contribution is 6.12. The van der Waals surface area contributed by atoms with E-state index in [1.165, 1.54) is 82.7 Å². The fourth-order valence-corrected chi connectivity index (χ4v) is 10.3. The predicted molar refractivity (Wildman–Crippen MR) is 243 cm³/mol. The molecule has 1 unspecified atom stereocenters. The van der Waals surface area contributed by atoms with E-state index in [0.29, 0.717) is 5.92 Å². The minimum atomic E-state index is 0.338. The highest BCUT2D eigenvalue weighted by Gasteiger charge is 2.32. The number of furan rings is 1. The fraction of sp³-hybridized carbons (Fsp3) is 0.0357. The van der Waals surface area contributed by atoms with Gasteiger partial charge in [-0.1, -0.05) is 146 Å². The van der Waals surface area contributed by atoms with Crippen molar-refractivity contribution in [1.82, 2.24) is 4.57 Å². The van der Waals surface area contributed by atoms with Crippen LogP contribution in [0.3, 0.4) is 0 Å². The summed E-state index contributed by atoms with van der Waals surface area (Å²) in [6.45, 7) is 0. The number of para-hydroxylation sites is 2. The van der Waals surface area contributed by atoms with Gasteiger partial charge in [0, 0.05) is 33.2 Å². The topological polar surface area (TPSA) is 18.1 Å². The molecule has 0 aliphatic heterocycles. The molecule has 3 aliphatic carbocycles. The van der Waals surface area contributed by atoms with Crippen LogP contribution in [-0.2, 0) is 6.42 Å². The van der Waals surface area contributed by atoms with Crippen molar-refractivity contribution in [1.29, 1.82) is 0 Å². The molecule has 0 bridgehead atoms. The SMILES string of the molecule is C1=CC2=CCc3c(-c4ccc(-c5ccc6c(c5)c5ccccc5n6-c5ccc(-c6ccc7c(c6)oc6ccccc67)cc5)c5ccccc45)ccc4c3C2C(=C1)C=C4. The minimum Gasteiger partial charge on any atom is -0.456 e. The van der Waals surface area contributed by atoms with E-state index in [4.69, 9.17) is 4.42 Å². The third-order valence-corrected chi connectivity index (χ3v) is 13.0. The van der Waals surface area contributed by atoms with Crippen molar-refractivity contribution in [2.75, 3.05) is 0 Å². The summed E-state index contributed by atoms with van der Waals surface area (Å²) in [6.07, 6.45) is 14.8. The van der Waals surface area contributed by atoms with Crippen LogP contribution in [0.25, 0.3) is 99.7 Å². The lowest BCUT2D eigenvalue weighted by Gasteiger charge is -2.34. The predicted octanol–water partition coefficient (Wildman–Crippen LogP) is 14.9. The van der Waals surface area contributed by atoms with Gasteiger partial charge in [0.25, 0.3) is 0 Å². The van der Waals surface area contributed by atoms with Crippen LogP contribution in [-0.4, -0.2) is 4.57 Å². The van der Waals surface area contributed by atoms with Gasteiger partial charge in [-0.2, -0.15) is 0 Å². The number of fused-ring (bicyclic) bond motifs is 7. The van der Waals surface area contributed by atoms with Gasteiger partial charge in [0.15, 0.2) is 0 Å². The lowest BCUT2D eigenvalue weighted by Crippen LogP contribution is -2.18. The first-order valence-electron chi connectivity index (χ1n) is 20.3. The first-order chi connectivity index (χ1) is 28.7. The molecule has 2 heteroatoms. The van der Waals surface area contributed by atoms with Crippen molar-refractivity contribution < 1.29 is 4.42 Å². The molecule has 2 heterocycles. The molecule has 10 aromatic rings. The third kappa shape index (κ3) is 4.54. The van der Waals surface area contributed by atoms with Gasteiger partial charge in [0.2, 0.25) is 0 Å². The zero-order valence-electron chi connectivity index (χ0n) is 31.6. The summed E-state index contributed by atoms with van der Waals surface area (Å²) in [4.78, 5) is 0. The lowest BCUT2D eigenvalue weighted by molar-refractivity contribution is 0.669. The Balaban J connectivity index is 0.907. The van der Waals surface area contributed by atoms with Crippen molar-refractivity contribution >= 4 is 60.6 Å². The maximum Gasteiger partial charge on any atom is 0.136 e. The smallest absolute Gasteiger partial charge is 0.136 e. The quantitative estimate of drug-likeness (QED) is 0.176. The largest absolute Gasteiger partial charge is 0.456 e. The van der Waals surface area contributed by atoms with Crippen LogP contribution in [0.15, 0.2) is 204 Å². The number of hydrogen-bond acceptors (Lipinski definition) is 1. The summed E-state index contributed by atoms with van der Waals surface area (Å²) >= 11 is 0. The van der Waals surface area contributed by atoms with Gasteiger partial charge in [-0.15, -0.1) is 0 Å². The molecule has 0 radical (unpaired) electrons. The molecule has 0 saturated heterocycles. The molecule has 8 aromatic carbocycles. The molecule has 1 atom stereocenters. The fourth-order valence-electron chi connectivity index (χ4n) is 10.3. The van der Waals surface area contributed by atoms with Crippen LogP contribution in [0.2, 0.25) is 0 Å². The summed E-state index contributed by atoms with van der Waals surface area (Å²) in [7, 11) is 0. The Hall–Kier alpha value is -7.42. The Bertz CT molecular complexity index is 3530. The normalized spacial score (nSPS) is 15.4. The van der Waals surface area contributed by atoms with E-state index in [-0.39, 0.29) is 0 Å². The second-order valence-electron chi connectivity index (χ2n) is 15.9. The molecule has 0 spiro atoms. The molecule has 0 saturated carbocycles. The molecule has 2 aromatic heterocycles. The second-order valence-corrected chi connectivity index (χ2v) is 15.9. The maximum atomic E-state index is 6.22. The van der Waals surface area contributed by atoms with Gasteiger partial charge >= 0.3 is 0 Å². The van der Waals surface area contributed by atoms with Crippen LogP contribution in [0, 0.1) is 0 Å². The van der Waals surface area contributed by atoms with E-state index in [0.717, 1.165) is 45.2 Å². The van der Waals surface area contributed by atoms with Gasteiger partial charge in [-0.05, 0) is 127 Å². The number of benzene rings is 8.